The van der Waals surface area contributed by atoms with Gasteiger partial charge < -0.3 is 84.2 Å². The number of carbonyl (C=O) groups excluding carboxylic acids is 5. The maximum Gasteiger partial charge on any atom is 0.410 e. The summed E-state index contributed by atoms with van der Waals surface area (Å²) in [6, 6.07) is 10.1. The van der Waals surface area contributed by atoms with Crippen LogP contribution in [0.25, 0.3) is 44.1 Å². The maximum atomic E-state index is 12.3. The Morgan fingerprint density at radius 1 is 0.455 bits per heavy atom. The Balaban J connectivity index is 0.000000127. The van der Waals surface area contributed by atoms with Crippen molar-refractivity contribution in [1.29, 1.82) is 0 Å². The first kappa shape index (κ1) is 82.7. The average Bonchev–Trinajstić information content (AvgIpc) is 1.67. The number of nitrogens with one attached hydrogen (secondary N) is 6. The van der Waals surface area contributed by atoms with Gasteiger partial charge in [0.05, 0.1) is 21.5 Å². The van der Waals surface area contributed by atoms with Crippen molar-refractivity contribution < 1.29 is 43.3 Å². The van der Waals surface area contributed by atoms with Crippen LogP contribution in [0.2, 0.25) is 5.15 Å². The topological polar surface area (TPSA) is 346 Å². The van der Waals surface area contributed by atoms with Gasteiger partial charge in [-0.2, -0.15) is 0 Å². The van der Waals surface area contributed by atoms with Gasteiger partial charge in [-0.25, -0.2) is 54.3 Å². The lowest BCUT2D eigenvalue weighted by atomic mass is 10.0. The van der Waals surface area contributed by atoms with Gasteiger partial charge in [-0.05, 0) is 217 Å². The fourth-order valence-electron chi connectivity index (χ4n) is 18.7. The summed E-state index contributed by atoms with van der Waals surface area (Å²) in [4.78, 5) is 120. The molecule has 0 spiro atoms. The van der Waals surface area contributed by atoms with Crippen LogP contribution in [0.15, 0.2) is 74.4 Å². The van der Waals surface area contributed by atoms with Crippen molar-refractivity contribution >= 4 is 116 Å². The minimum absolute atomic E-state index is 0. The molecule has 18 rings (SSSR count). The van der Waals surface area contributed by atoms with E-state index < -0.39 is 11.2 Å². The predicted octanol–water partition coefficient (Wildman–Crippen LogP) is 10.8. The van der Waals surface area contributed by atoms with Crippen LogP contribution in [0.1, 0.15) is 127 Å². The lowest BCUT2D eigenvalue weighted by Crippen LogP contribution is -2.37. The summed E-state index contributed by atoms with van der Waals surface area (Å²) in [6.07, 6.45) is 23.8. The molecule has 8 aromatic heterocycles. The van der Waals surface area contributed by atoms with Crippen molar-refractivity contribution in [3.63, 3.8) is 0 Å². The standard InChI is InChI=1S/C19H27N5O2.C16H21N5O2.C14H19N5.C13H24N2O2.C12H19NO3.C6H4ClN3.ClH/c1-19(2,3)26-18(25)24-9-12-7-14(8-13(12)10-24)23(4)17-15-5-6-20-16(15)21-11-22-17;1-20(16-13-2-3-17-15(13)18-9-19-16)12-4-10-6-21(14(23)8-22)7-11(10)5-12;1-19(11-4-9-6-15-7-10(9)5-11)14-12-2-3-16-13(12)17-8-18-14;1-13(2,3)17-12(16)15-7-9-5-11(14-4)6-10(9)8-15;1-12(2,3)16-11(15)13-6-8-4-10(14)5-9(8)7-13;7-5-4-1-2-8-6(4)10-3-9-5;/h5-6,11-14H,7-10H2,1-4H3,(H,20,21,22);2-3,9-12,22H,4-8H2,1H3,(H,17,18,19);2-3,8-11,15H,4-7H2,1H3,(H,16,17,18);9-11,14H,5-8H2,1-4H3;8-9H,4-7H2,1-3H3;1-3H,(H,8,9,10);1H/t12-,13+,14?;10-,11+,12?;2*9-,10+,11?;8-,9+;;. The number of amides is 4. The monoisotopic (exact) mass is 1580 g/mol. The van der Waals surface area contributed by atoms with E-state index >= 15 is 0 Å². The van der Waals surface area contributed by atoms with E-state index in [9.17, 15) is 24.0 Å². The number of hydrogen-bond acceptors (Lipinski definition) is 22. The highest BCUT2D eigenvalue weighted by Crippen LogP contribution is 2.45. The van der Waals surface area contributed by atoms with Crippen LogP contribution >= 0.6 is 24.0 Å². The number of ether oxygens (including phenoxy) is 3. The number of anilines is 3. The molecule has 0 radical (unpaired) electrons. The molecule has 7 N–H and O–H groups in total. The Hall–Kier alpha value is -8.71. The fraction of sp³-hybridized carbons (Fsp3) is 0.637. The van der Waals surface area contributed by atoms with Crippen LogP contribution in [0.3, 0.4) is 0 Å². The van der Waals surface area contributed by atoms with Gasteiger partial charge in [-0.15, -0.1) is 12.4 Å². The van der Waals surface area contributed by atoms with Gasteiger partial charge in [0.2, 0.25) is 5.91 Å². The van der Waals surface area contributed by atoms with Gasteiger partial charge in [0.25, 0.3) is 0 Å². The second kappa shape index (κ2) is 34.9. The van der Waals surface area contributed by atoms with Gasteiger partial charge >= 0.3 is 18.3 Å². The number of rotatable bonds is 8. The molecule has 0 aromatic carbocycles. The summed E-state index contributed by atoms with van der Waals surface area (Å²) < 4.78 is 16.3. The number of hydrogen-bond donors (Lipinski definition) is 7. The Morgan fingerprint density at radius 3 is 1.07 bits per heavy atom. The number of likely N-dealkylation sites (tertiary alicyclic amines) is 4. The van der Waals surface area contributed by atoms with Crippen LogP contribution in [0.4, 0.5) is 31.8 Å². The van der Waals surface area contributed by atoms with Crippen LogP contribution in [0, 0.1) is 59.2 Å². The second-order valence-electron chi connectivity index (χ2n) is 35.2. The van der Waals surface area contributed by atoms with E-state index in [1.165, 1.54) is 45.1 Å². The van der Waals surface area contributed by atoms with Crippen LogP contribution in [-0.4, -0.2) is 256 Å². The molecule has 14 atom stereocenters. The average molecular weight is 1590 g/mol. The van der Waals surface area contributed by atoms with E-state index in [1.54, 1.807) is 35.0 Å². The molecule has 13 heterocycles. The molecule has 5 aliphatic heterocycles. The molecule has 10 fully saturated rings. The molecule has 0 bridgehead atoms. The third-order valence-electron chi connectivity index (χ3n) is 24.2. The lowest BCUT2D eigenvalue weighted by molar-refractivity contribution is -0.133. The number of aromatic amines is 4. The molecular formula is C80H115Cl2N21O9. The SMILES string of the molecule is CC(C)(C)OC(=O)N1C[C@H]2CC(=O)C[C@H]2C1.CN(c1ncnc2[nH]ccc12)C1C[C@@H]2CN(C(=O)CO)C[C@@H]2C1.CN(c1ncnc2[nH]ccc12)C1C[C@@H]2CN(C(=O)OC(C)(C)C)C[C@@H]2C1.CN(c1ncnc2[nH]ccc12)C1C[C@H]2CNC[C@H]2C1.CNC1C[C@@H]2CN(C(=O)OC(C)(C)C)C[C@@H]2C1.Cl.Clc1ncnc2[nH]ccc12. The summed E-state index contributed by atoms with van der Waals surface area (Å²) in [6.45, 7) is 25.4. The minimum atomic E-state index is -0.440. The van der Waals surface area contributed by atoms with Crippen molar-refractivity contribution in [3.05, 3.63) is 79.5 Å². The molecule has 5 aliphatic carbocycles. The predicted molar refractivity (Wildman–Crippen MR) is 433 cm³/mol. The third-order valence-corrected chi connectivity index (χ3v) is 24.5. The number of halogens is 2. The number of H-pyrrole nitrogens is 4. The number of ketones is 1. The number of carbonyl (C=O) groups is 5. The van der Waals surface area contributed by atoms with Crippen LogP contribution in [-0.2, 0) is 23.8 Å². The number of fused-ring (bicyclic) bond motifs is 9. The molecule has 8 aromatic rings. The lowest BCUT2D eigenvalue weighted by Gasteiger charge is -2.28. The number of Topliss-reactive ketones (excluding diaryl/α,β-unsaturated/α-hetero) is 1. The van der Waals surface area contributed by atoms with Gasteiger partial charge in [0, 0.05) is 135 Å². The van der Waals surface area contributed by atoms with Gasteiger partial charge in [-0.3, -0.25) is 9.59 Å². The van der Waals surface area contributed by atoms with Crippen molar-refractivity contribution in [1.82, 2.24) is 90.0 Å². The van der Waals surface area contributed by atoms with E-state index in [4.69, 9.17) is 30.9 Å². The molecule has 608 valence electrons. The van der Waals surface area contributed by atoms with E-state index in [0.717, 1.165) is 138 Å². The molecule has 10 aliphatic rings. The van der Waals surface area contributed by atoms with E-state index in [2.05, 4.69) is 112 Å². The summed E-state index contributed by atoms with van der Waals surface area (Å²) in [5.41, 5.74) is 2.17. The first-order valence-corrected chi connectivity index (χ1v) is 40.0. The normalized spacial score (nSPS) is 26.6. The molecule has 4 amide bonds. The molecule has 4 unspecified atom stereocenters. The first-order valence-electron chi connectivity index (χ1n) is 39.6. The number of aliphatic hydroxyl groups excluding tert-OH is 1. The highest BCUT2D eigenvalue weighted by Gasteiger charge is 2.48. The molecule has 30 nitrogen and oxygen atoms in total. The van der Waals surface area contributed by atoms with Crippen LogP contribution < -0.4 is 25.3 Å². The summed E-state index contributed by atoms with van der Waals surface area (Å²) in [5, 5.41) is 20.4. The molecular weight excluding hydrogens is 1470 g/mol. The van der Waals surface area contributed by atoms with Crippen molar-refractivity contribution in [3.8, 4) is 0 Å². The summed E-state index contributed by atoms with van der Waals surface area (Å²) in [7, 11) is 8.41. The molecule has 5 saturated heterocycles. The fourth-order valence-corrected chi connectivity index (χ4v) is 18.9. The van der Waals surface area contributed by atoms with Crippen molar-refractivity contribution in [2.75, 3.05) is 115 Å². The number of aromatic nitrogens is 12. The second-order valence-corrected chi connectivity index (χ2v) is 35.6. The quantitative estimate of drug-likeness (QED) is 0.0549. The van der Waals surface area contributed by atoms with Gasteiger partial charge in [0.1, 0.15) is 99.7 Å². The summed E-state index contributed by atoms with van der Waals surface area (Å²) >= 11 is 5.73. The highest BCUT2D eigenvalue weighted by atomic mass is 35.5. The Morgan fingerprint density at radius 2 is 0.750 bits per heavy atom. The van der Waals surface area contributed by atoms with Gasteiger partial charge in [0.15, 0.2) is 0 Å². The van der Waals surface area contributed by atoms with Crippen LogP contribution in [0.5, 0.6) is 0 Å². The zero-order valence-corrected chi connectivity index (χ0v) is 68.6. The Bertz CT molecular complexity index is 4460. The zero-order chi connectivity index (χ0) is 78.8. The van der Waals surface area contributed by atoms with E-state index in [-0.39, 0.29) is 48.8 Å². The third kappa shape index (κ3) is 19.5. The number of aliphatic hydroxyl groups is 1. The molecule has 32 heteroatoms. The maximum absolute atomic E-state index is 12.3. The van der Waals surface area contributed by atoms with Crippen molar-refractivity contribution in [2.45, 2.75) is 167 Å². The zero-order valence-electron chi connectivity index (χ0n) is 67.1. The molecule has 112 heavy (non-hydrogen) atoms. The Labute approximate surface area is 666 Å². The highest BCUT2D eigenvalue weighted by molar-refractivity contribution is 6.33. The first-order chi connectivity index (χ1) is 52.9. The summed E-state index contributed by atoms with van der Waals surface area (Å²) in [5.74, 6) is 9.14. The minimum Gasteiger partial charge on any atom is -0.444 e. The Kier molecular flexibility index (Phi) is 25.8. The molecule has 5 saturated carbocycles. The van der Waals surface area contributed by atoms with Gasteiger partial charge in [-0.1, -0.05) is 11.6 Å². The largest absolute Gasteiger partial charge is 0.444 e. The smallest absolute Gasteiger partial charge is 0.410 e. The van der Waals surface area contributed by atoms with E-state index in [1.807, 2.05) is 116 Å². The number of nitrogens with zero attached hydrogens (tertiary/aromatic N) is 15. The van der Waals surface area contributed by atoms with Crippen molar-refractivity contribution in [2.24, 2.45) is 59.2 Å². The van der Waals surface area contributed by atoms with E-state index in [0.29, 0.717) is 108 Å².